The van der Waals surface area contributed by atoms with E-state index in [-0.39, 0.29) is 34.1 Å². The molecular weight excluding hydrogens is 552 g/mol. The van der Waals surface area contributed by atoms with Crippen LogP contribution in [-0.4, -0.2) is 40.4 Å². The molecule has 10 heteroatoms. The monoisotopic (exact) mass is 578 g/mol. The molecule has 2 N–H and O–H groups in total. The number of carbonyl (C=O) groups is 2. The molecule has 0 bridgehead atoms. The Bertz CT molecular complexity index is 1610. The molecule has 4 aromatic carbocycles. The molecule has 0 aromatic heterocycles. The highest BCUT2D eigenvalue weighted by atomic mass is 35.5. The van der Waals surface area contributed by atoms with Gasteiger partial charge in [-0.1, -0.05) is 72.3 Å². The van der Waals surface area contributed by atoms with Crippen LogP contribution in [0, 0.1) is 0 Å². The summed E-state index contributed by atoms with van der Waals surface area (Å²) in [5, 5.41) is 3.05. The fourth-order valence-corrected chi connectivity index (χ4v) is 5.44. The minimum Gasteiger partial charge on any atom is -0.493 e. The Labute approximate surface area is 238 Å². The van der Waals surface area contributed by atoms with Crippen molar-refractivity contribution in [3.8, 4) is 11.5 Å². The summed E-state index contributed by atoms with van der Waals surface area (Å²) in [4.78, 5) is 26.8. The van der Waals surface area contributed by atoms with Crippen LogP contribution in [-0.2, 0) is 21.2 Å². The molecule has 4 rings (SSSR count). The van der Waals surface area contributed by atoms with Crippen LogP contribution in [0.4, 0.5) is 5.69 Å². The number of benzene rings is 4. The lowest BCUT2D eigenvalue weighted by Gasteiger charge is -2.20. The lowest BCUT2D eigenvalue weighted by Crippen LogP contribution is -2.45. The van der Waals surface area contributed by atoms with E-state index in [1.165, 1.54) is 44.6 Å². The molecule has 0 spiro atoms. The number of methoxy groups -OCH3 is 2. The highest BCUT2D eigenvalue weighted by Gasteiger charge is 2.28. The van der Waals surface area contributed by atoms with Crippen LogP contribution in [0.5, 0.6) is 11.5 Å². The number of ether oxygens (including phenoxy) is 2. The van der Waals surface area contributed by atoms with E-state index in [2.05, 4.69) is 10.0 Å². The van der Waals surface area contributed by atoms with E-state index in [0.29, 0.717) is 16.3 Å². The van der Waals surface area contributed by atoms with Gasteiger partial charge in [0, 0.05) is 22.2 Å². The summed E-state index contributed by atoms with van der Waals surface area (Å²) in [6.45, 7) is 0. The average Bonchev–Trinajstić information content (AvgIpc) is 2.97. The van der Waals surface area contributed by atoms with E-state index in [1.807, 2.05) is 6.07 Å². The molecule has 0 aliphatic heterocycles. The van der Waals surface area contributed by atoms with E-state index < -0.39 is 22.0 Å². The number of carbonyl (C=O) groups excluding carboxylic acids is 2. The summed E-state index contributed by atoms with van der Waals surface area (Å²) in [5.41, 5.74) is 1.52. The van der Waals surface area contributed by atoms with E-state index >= 15 is 0 Å². The zero-order chi connectivity index (χ0) is 28.7. The Morgan fingerprint density at radius 2 is 1.48 bits per heavy atom. The number of rotatable bonds is 11. The van der Waals surface area contributed by atoms with Crippen molar-refractivity contribution in [2.24, 2.45) is 0 Å². The molecule has 0 aliphatic carbocycles. The van der Waals surface area contributed by atoms with Crippen LogP contribution < -0.4 is 19.5 Å². The quantitative estimate of drug-likeness (QED) is 0.239. The average molecular weight is 579 g/mol. The Morgan fingerprint density at radius 1 is 0.825 bits per heavy atom. The van der Waals surface area contributed by atoms with Crippen molar-refractivity contribution in [1.29, 1.82) is 0 Å². The second-order valence-corrected chi connectivity index (χ2v) is 10.9. The number of hydrogen-bond donors (Lipinski definition) is 2. The summed E-state index contributed by atoms with van der Waals surface area (Å²) >= 11 is 6.18. The van der Waals surface area contributed by atoms with Gasteiger partial charge >= 0.3 is 0 Å². The van der Waals surface area contributed by atoms with Gasteiger partial charge in [-0.15, -0.1) is 0 Å². The predicted octanol–water partition coefficient (Wildman–Crippen LogP) is 5.12. The van der Waals surface area contributed by atoms with Crippen molar-refractivity contribution < 1.29 is 27.5 Å². The van der Waals surface area contributed by atoms with Crippen LogP contribution >= 0.6 is 11.6 Å². The first-order valence-corrected chi connectivity index (χ1v) is 14.1. The molecule has 0 fully saturated rings. The summed E-state index contributed by atoms with van der Waals surface area (Å²) in [5.74, 6) is -0.417. The predicted molar refractivity (Wildman–Crippen MR) is 154 cm³/mol. The number of sulfonamides is 1. The summed E-state index contributed by atoms with van der Waals surface area (Å²) in [6.07, 6.45) is 0.0503. The number of hydrogen-bond acceptors (Lipinski definition) is 6. The summed E-state index contributed by atoms with van der Waals surface area (Å²) in [7, 11) is -1.35. The van der Waals surface area contributed by atoms with E-state index in [4.69, 9.17) is 21.1 Å². The maximum absolute atomic E-state index is 13.6. The normalized spacial score (nSPS) is 11.9. The van der Waals surface area contributed by atoms with Gasteiger partial charge in [0.1, 0.15) is 6.04 Å². The number of amides is 1. The molecule has 0 saturated heterocycles. The van der Waals surface area contributed by atoms with Gasteiger partial charge < -0.3 is 14.8 Å². The Balaban J connectivity index is 1.67. The van der Waals surface area contributed by atoms with Crippen LogP contribution in [0.1, 0.15) is 21.5 Å². The lowest BCUT2D eigenvalue weighted by molar-refractivity contribution is -0.117. The molecule has 0 saturated carbocycles. The van der Waals surface area contributed by atoms with Gasteiger partial charge in [0.2, 0.25) is 15.9 Å². The van der Waals surface area contributed by atoms with Crippen LogP contribution in [0.3, 0.4) is 0 Å². The highest BCUT2D eigenvalue weighted by molar-refractivity contribution is 7.89. The maximum atomic E-state index is 13.6. The summed E-state index contributed by atoms with van der Waals surface area (Å²) < 4.78 is 39.8. The maximum Gasteiger partial charge on any atom is 0.242 e. The SMILES string of the molecule is COc1ccc(S(=O)(=O)NC(Cc2ccccc2)C(=O)Nc2ccc(Cl)cc2C(=O)c2ccccc2)cc1OC. The number of halogens is 1. The molecule has 4 aromatic rings. The number of anilines is 1. The standard InChI is InChI=1S/C30H27ClN2O6S/c1-38-27-16-14-23(19-28(27)39-2)40(36,37)33-26(17-20-9-5-3-6-10-20)30(35)32-25-15-13-22(31)18-24(25)29(34)21-11-7-4-8-12-21/h3-16,18-19,26,33H,17H2,1-2H3,(H,32,35). The minimum atomic E-state index is -4.19. The van der Waals surface area contributed by atoms with Gasteiger partial charge in [0.25, 0.3) is 0 Å². The third-order valence-corrected chi connectivity index (χ3v) is 7.79. The molecule has 1 unspecified atom stereocenters. The van der Waals surface area contributed by atoms with Gasteiger partial charge in [0.05, 0.1) is 24.8 Å². The van der Waals surface area contributed by atoms with Crippen molar-refractivity contribution in [2.75, 3.05) is 19.5 Å². The van der Waals surface area contributed by atoms with Gasteiger partial charge in [-0.25, -0.2) is 8.42 Å². The molecule has 1 atom stereocenters. The molecule has 1 amide bonds. The number of ketones is 1. The van der Waals surface area contributed by atoms with Crippen LogP contribution in [0.2, 0.25) is 5.02 Å². The van der Waals surface area contributed by atoms with Gasteiger partial charge in [0.15, 0.2) is 17.3 Å². The van der Waals surface area contributed by atoms with Crippen molar-refractivity contribution >= 4 is 39.0 Å². The van der Waals surface area contributed by atoms with Gasteiger partial charge in [-0.3, -0.25) is 9.59 Å². The van der Waals surface area contributed by atoms with Crippen LogP contribution in [0.25, 0.3) is 0 Å². The fourth-order valence-electron chi connectivity index (χ4n) is 4.05. The van der Waals surface area contributed by atoms with Gasteiger partial charge in [-0.05, 0) is 42.3 Å². The number of nitrogens with one attached hydrogen (secondary N) is 2. The molecular formula is C30H27ClN2O6S. The zero-order valence-corrected chi connectivity index (χ0v) is 23.3. The first-order valence-electron chi connectivity index (χ1n) is 12.2. The lowest BCUT2D eigenvalue weighted by atomic mass is 10.0. The van der Waals surface area contributed by atoms with E-state index in [1.54, 1.807) is 60.7 Å². The van der Waals surface area contributed by atoms with Gasteiger partial charge in [-0.2, -0.15) is 4.72 Å². The second-order valence-electron chi connectivity index (χ2n) is 8.75. The largest absolute Gasteiger partial charge is 0.493 e. The third kappa shape index (κ3) is 6.87. The van der Waals surface area contributed by atoms with E-state index in [9.17, 15) is 18.0 Å². The molecule has 40 heavy (non-hydrogen) atoms. The molecule has 0 radical (unpaired) electrons. The topological polar surface area (TPSA) is 111 Å². The Hall–Kier alpha value is -4.18. The van der Waals surface area contributed by atoms with Crippen molar-refractivity contribution in [3.05, 3.63) is 119 Å². The Kier molecular flexibility index (Phi) is 9.21. The van der Waals surface area contributed by atoms with Crippen molar-refractivity contribution in [1.82, 2.24) is 4.72 Å². The van der Waals surface area contributed by atoms with Crippen molar-refractivity contribution in [3.63, 3.8) is 0 Å². The Morgan fingerprint density at radius 3 is 2.12 bits per heavy atom. The molecule has 8 nitrogen and oxygen atoms in total. The first kappa shape index (κ1) is 28.8. The fraction of sp³-hybridized carbons (Fsp3) is 0.133. The van der Waals surface area contributed by atoms with Crippen LogP contribution in [0.15, 0.2) is 102 Å². The first-order chi connectivity index (χ1) is 19.2. The second kappa shape index (κ2) is 12.8. The molecule has 0 aliphatic rings. The molecule has 206 valence electrons. The summed E-state index contributed by atoms with van der Waals surface area (Å²) in [6, 6.07) is 25.0. The van der Waals surface area contributed by atoms with E-state index in [0.717, 1.165) is 5.56 Å². The smallest absolute Gasteiger partial charge is 0.242 e. The minimum absolute atomic E-state index is 0.0503. The van der Waals surface area contributed by atoms with Crippen molar-refractivity contribution in [2.45, 2.75) is 17.4 Å². The third-order valence-electron chi connectivity index (χ3n) is 6.08. The highest BCUT2D eigenvalue weighted by Crippen LogP contribution is 2.30. The zero-order valence-electron chi connectivity index (χ0n) is 21.8. The molecule has 0 heterocycles.